The second-order valence-corrected chi connectivity index (χ2v) is 7.10. The summed E-state index contributed by atoms with van der Waals surface area (Å²) in [6.07, 6.45) is 1.04. The van der Waals surface area contributed by atoms with E-state index in [-0.39, 0.29) is 5.41 Å². The molecule has 3 rings (SSSR count). The number of carbonyl (C=O) groups excluding carboxylic acids is 1. The number of amides is 1. The zero-order valence-electron chi connectivity index (χ0n) is 15.7. The normalized spacial score (nSPS) is 11.0. The number of hydrogen-bond donors (Lipinski definition) is 3. The Morgan fingerprint density at radius 1 is 1.26 bits per heavy atom. The van der Waals surface area contributed by atoms with Crippen LogP contribution in [0.1, 0.15) is 26.3 Å². The van der Waals surface area contributed by atoms with Gasteiger partial charge in [0.15, 0.2) is 5.82 Å². The van der Waals surface area contributed by atoms with Crippen LogP contribution >= 0.6 is 0 Å². The molecule has 0 radical (unpaired) electrons. The summed E-state index contributed by atoms with van der Waals surface area (Å²) in [6.45, 7) is 6.15. The molecule has 2 aromatic heterocycles. The summed E-state index contributed by atoms with van der Waals surface area (Å²) in [5.74, 6) is 7.26. The molecule has 138 valence electrons. The van der Waals surface area contributed by atoms with Crippen LogP contribution in [0.3, 0.4) is 0 Å². The lowest BCUT2D eigenvalue weighted by Crippen LogP contribution is -2.11. The number of aromatic nitrogens is 3. The standard InChI is InChI=1S/C20H21N5O2/c1-20(2,3)7-5-13-9-14(10-15-17(13)24-25-18(15)21)12-6-8-22-16(11-12)23-19(26)27-4/h6,8-11H,1-4H3,(H3,21,24,25)(H,22,23,26). The van der Waals surface area contributed by atoms with Crippen molar-refractivity contribution in [3.8, 4) is 23.0 Å². The van der Waals surface area contributed by atoms with E-state index in [0.29, 0.717) is 11.6 Å². The van der Waals surface area contributed by atoms with E-state index in [1.807, 2.05) is 18.2 Å². The summed E-state index contributed by atoms with van der Waals surface area (Å²) in [6, 6.07) is 7.51. The zero-order chi connectivity index (χ0) is 19.6. The molecule has 0 aliphatic rings. The fraction of sp³-hybridized carbons (Fsp3) is 0.250. The van der Waals surface area contributed by atoms with Crippen LogP contribution in [0.4, 0.5) is 16.4 Å². The van der Waals surface area contributed by atoms with E-state index in [9.17, 15) is 4.79 Å². The third-order valence-electron chi connectivity index (χ3n) is 3.78. The average molecular weight is 363 g/mol. The topological polar surface area (TPSA) is 106 Å². The number of methoxy groups -OCH3 is 1. The fourth-order valence-corrected chi connectivity index (χ4v) is 2.50. The molecular formula is C20H21N5O2. The number of rotatable bonds is 2. The first-order chi connectivity index (χ1) is 12.8. The van der Waals surface area contributed by atoms with Gasteiger partial charge in [-0.3, -0.25) is 10.4 Å². The van der Waals surface area contributed by atoms with Crippen LogP contribution in [0.5, 0.6) is 0 Å². The van der Waals surface area contributed by atoms with Crippen LogP contribution in [0.2, 0.25) is 0 Å². The zero-order valence-corrected chi connectivity index (χ0v) is 15.7. The molecule has 0 atom stereocenters. The van der Waals surface area contributed by atoms with Gasteiger partial charge in [0.1, 0.15) is 5.82 Å². The van der Waals surface area contributed by atoms with E-state index in [4.69, 9.17) is 5.73 Å². The number of ether oxygens (including phenoxy) is 1. The van der Waals surface area contributed by atoms with E-state index >= 15 is 0 Å². The van der Waals surface area contributed by atoms with Crippen LogP contribution in [0, 0.1) is 17.3 Å². The molecule has 0 spiro atoms. The molecule has 0 fully saturated rings. The number of nitrogens with two attached hydrogens (primary N) is 1. The molecule has 1 aromatic carbocycles. The number of carbonyl (C=O) groups is 1. The Bertz CT molecular complexity index is 1070. The van der Waals surface area contributed by atoms with E-state index < -0.39 is 6.09 Å². The minimum atomic E-state index is -0.578. The average Bonchev–Trinajstić information content (AvgIpc) is 3.00. The second kappa shape index (κ2) is 7.00. The lowest BCUT2D eigenvalue weighted by molar-refractivity contribution is 0.187. The summed E-state index contributed by atoms with van der Waals surface area (Å²) in [4.78, 5) is 15.6. The number of aromatic amines is 1. The molecular weight excluding hydrogens is 342 g/mol. The highest BCUT2D eigenvalue weighted by atomic mass is 16.5. The van der Waals surface area contributed by atoms with Gasteiger partial charge in [0, 0.05) is 17.0 Å². The maximum absolute atomic E-state index is 11.4. The maximum Gasteiger partial charge on any atom is 0.412 e. The smallest absolute Gasteiger partial charge is 0.412 e. The maximum atomic E-state index is 11.4. The van der Waals surface area contributed by atoms with Crippen molar-refractivity contribution in [3.05, 3.63) is 36.0 Å². The monoisotopic (exact) mass is 363 g/mol. The predicted octanol–water partition coefficient (Wildman–Crippen LogP) is 3.78. The molecule has 0 saturated carbocycles. The molecule has 4 N–H and O–H groups in total. The molecule has 0 bridgehead atoms. The number of fused-ring (bicyclic) bond motifs is 1. The lowest BCUT2D eigenvalue weighted by Gasteiger charge is -2.09. The highest BCUT2D eigenvalue weighted by Crippen LogP contribution is 2.30. The van der Waals surface area contributed by atoms with Crippen LogP contribution in [0.25, 0.3) is 22.0 Å². The van der Waals surface area contributed by atoms with E-state index in [1.165, 1.54) is 7.11 Å². The third kappa shape index (κ3) is 4.18. The number of anilines is 2. The fourth-order valence-electron chi connectivity index (χ4n) is 2.50. The van der Waals surface area contributed by atoms with Crippen LogP contribution < -0.4 is 11.1 Å². The van der Waals surface area contributed by atoms with Crippen molar-refractivity contribution in [2.45, 2.75) is 20.8 Å². The number of hydrogen-bond acceptors (Lipinski definition) is 5. The molecule has 0 saturated heterocycles. The molecule has 7 nitrogen and oxygen atoms in total. The Morgan fingerprint density at radius 3 is 2.74 bits per heavy atom. The second-order valence-electron chi connectivity index (χ2n) is 7.10. The number of H-pyrrole nitrogens is 1. The Kier molecular flexibility index (Phi) is 4.74. The van der Waals surface area contributed by atoms with E-state index in [1.54, 1.807) is 12.3 Å². The molecule has 0 unspecified atom stereocenters. The minimum absolute atomic E-state index is 0.137. The molecule has 1 amide bonds. The van der Waals surface area contributed by atoms with E-state index in [0.717, 1.165) is 27.6 Å². The van der Waals surface area contributed by atoms with Crippen molar-refractivity contribution in [1.82, 2.24) is 15.2 Å². The van der Waals surface area contributed by atoms with Crippen molar-refractivity contribution < 1.29 is 9.53 Å². The Hall–Kier alpha value is -3.53. The quantitative estimate of drug-likeness (QED) is 0.601. The molecule has 7 heteroatoms. The summed E-state index contributed by atoms with van der Waals surface area (Å²) in [7, 11) is 1.30. The van der Waals surface area contributed by atoms with Gasteiger partial charge >= 0.3 is 6.09 Å². The number of benzene rings is 1. The van der Waals surface area contributed by atoms with Gasteiger partial charge in [0.2, 0.25) is 0 Å². The number of nitrogen functional groups attached to an aromatic ring is 1. The van der Waals surface area contributed by atoms with Gasteiger partial charge in [0.25, 0.3) is 0 Å². The number of pyridine rings is 1. The van der Waals surface area contributed by atoms with E-state index in [2.05, 4.69) is 57.8 Å². The predicted molar refractivity (Wildman–Crippen MR) is 106 cm³/mol. The van der Waals surface area contributed by atoms with Crippen LogP contribution in [-0.4, -0.2) is 28.4 Å². The molecule has 0 aliphatic heterocycles. The Labute approximate surface area is 157 Å². The van der Waals surface area contributed by atoms with Gasteiger partial charge in [-0.25, -0.2) is 9.78 Å². The van der Waals surface area contributed by atoms with Crippen molar-refractivity contribution in [2.75, 3.05) is 18.2 Å². The van der Waals surface area contributed by atoms with Crippen molar-refractivity contribution >= 4 is 28.6 Å². The molecule has 3 aromatic rings. The molecule has 27 heavy (non-hydrogen) atoms. The van der Waals surface area contributed by atoms with Crippen LogP contribution in [0.15, 0.2) is 30.5 Å². The van der Waals surface area contributed by atoms with Gasteiger partial charge in [-0.05, 0) is 56.2 Å². The number of nitrogens with one attached hydrogen (secondary N) is 2. The SMILES string of the molecule is COC(=O)Nc1cc(-c2cc(C#CC(C)(C)C)c3[nH]nc(N)c3c2)ccn1. The number of nitrogens with zero attached hydrogens (tertiary/aromatic N) is 2. The summed E-state index contributed by atoms with van der Waals surface area (Å²) in [5, 5.41) is 10.4. The molecule has 0 aliphatic carbocycles. The van der Waals surface area contributed by atoms with Crippen molar-refractivity contribution in [1.29, 1.82) is 0 Å². The largest absolute Gasteiger partial charge is 0.453 e. The Morgan fingerprint density at radius 2 is 2.04 bits per heavy atom. The third-order valence-corrected chi connectivity index (χ3v) is 3.78. The van der Waals surface area contributed by atoms with Gasteiger partial charge in [-0.2, -0.15) is 5.10 Å². The first kappa shape index (κ1) is 18.3. The van der Waals surface area contributed by atoms with Crippen LogP contribution in [-0.2, 0) is 4.74 Å². The van der Waals surface area contributed by atoms with Gasteiger partial charge < -0.3 is 10.5 Å². The Balaban J connectivity index is 2.12. The first-order valence-electron chi connectivity index (χ1n) is 8.39. The first-order valence-corrected chi connectivity index (χ1v) is 8.39. The minimum Gasteiger partial charge on any atom is -0.453 e. The van der Waals surface area contributed by atoms with Gasteiger partial charge in [-0.1, -0.05) is 11.8 Å². The summed E-state index contributed by atoms with van der Waals surface area (Å²) < 4.78 is 4.61. The van der Waals surface area contributed by atoms with Gasteiger partial charge in [-0.15, -0.1) is 0 Å². The highest BCUT2D eigenvalue weighted by molar-refractivity contribution is 5.96. The van der Waals surface area contributed by atoms with Crippen molar-refractivity contribution in [3.63, 3.8) is 0 Å². The summed E-state index contributed by atoms with van der Waals surface area (Å²) >= 11 is 0. The van der Waals surface area contributed by atoms with Gasteiger partial charge in [0.05, 0.1) is 18.2 Å². The highest BCUT2D eigenvalue weighted by Gasteiger charge is 2.12. The lowest BCUT2D eigenvalue weighted by atomic mass is 9.96. The van der Waals surface area contributed by atoms with Crippen molar-refractivity contribution in [2.24, 2.45) is 5.41 Å². The summed E-state index contributed by atoms with van der Waals surface area (Å²) in [5.41, 5.74) is 9.23. The molecule has 2 heterocycles.